The van der Waals surface area contributed by atoms with Crippen molar-refractivity contribution in [1.82, 2.24) is 19.8 Å². The summed E-state index contributed by atoms with van der Waals surface area (Å²) in [7, 11) is 0. The molecular formula is C29H36N4O2. The number of aromatic nitrogens is 2. The second kappa shape index (κ2) is 9.84. The molecule has 0 spiro atoms. The van der Waals surface area contributed by atoms with Crippen LogP contribution in [-0.4, -0.2) is 44.4 Å². The predicted octanol–water partition coefficient (Wildman–Crippen LogP) is 5.28. The third-order valence-corrected chi connectivity index (χ3v) is 7.91. The van der Waals surface area contributed by atoms with Crippen LogP contribution < -0.4 is 5.32 Å². The van der Waals surface area contributed by atoms with Crippen molar-refractivity contribution in [2.24, 2.45) is 0 Å². The van der Waals surface area contributed by atoms with Gasteiger partial charge in [0.1, 0.15) is 5.54 Å². The number of imidazole rings is 1. The van der Waals surface area contributed by atoms with Gasteiger partial charge in [-0.3, -0.25) is 9.59 Å². The summed E-state index contributed by atoms with van der Waals surface area (Å²) in [6.45, 7) is 4.90. The molecule has 184 valence electrons. The zero-order valence-electron chi connectivity index (χ0n) is 20.9. The van der Waals surface area contributed by atoms with Crippen molar-refractivity contribution < 1.29 is 9.59 Å². The molecule has 1 aliphatic carbocycles. The summed E-state index contributed by atoms with van der Waals surface area (Å²) in [5.41, 5.74) is 1.84. The summed E-state index contributed by atoms with van der Waals surface area (Å²) in [5, 5.41) is 3.36. The van der Waals surface area contributed by atoms with Crippen LogP contribution in [0.25, 0.3) is 11.0 Å². The molecule has 35 heavy (non-hydrogen) atoms. The van der Waals surface area contributed by atoms with E-state index in [0.29, 0.717) is 18.9 Å². The SMILES string of the molecule is C[C@@H](CN1C(=O)c2nc3ccccc3n2C[C@@]1(C)C(=O)NC1CCCCCCC1)c1ccccc1. The lowest BCUT2D eigenvalue weighted by atomic mass is 9.90. The molecule has 1 aromatic heterocycles. The molecule has 2 heterocycles. The highest BCUT2D eigenvalue weighted by atomic mass is 16.2. The summed E-state index contributed by atoms with van der Waals surface area (Å²) in [6, 6.07) is 18.2. The van der Waals surface area contributed by atoms with Gasteiger partial charge in [0, 0.05) is 12.6 Å². The van der Waals surface area contributed by atoms with E-state index in [1.54, 1.807) is 4.90 Å². The topological polar surface area (TPSA) is 67.2 Å². The van der Waals surface area contributed by atoms with Crippen molar-refractivity contribution >= 4 is 22.8 Å². The monoisotopic (exact) mass is 472 g/mol. The maximum absolute atomic E-state index is 14.0. The number of amides is 2. The van der Waals surface area contributed by atoms with E-state index in [1.807, 2.05) is 54.0 Å². The van der Waals surface area contributed by atoms with Crippen LogP contribution in [0.1, 0.15) is 80.9 Å². The molecule has 2 aliphatic rings. The third-order valence-electron chi connectivity index (χ3n) is 7.91. The van der Waals surface area contributed by atoms with Crippen molar-refractivity contribution in [2.45, 2.75) is 82.8 Å². The lowest BCUT2D eigenvalue weighted by Gasteiger charge is -2.45. The molecule has 1 N–H and O–H groups in total. The van der Waals surface area contributed by atoms with Crippen LogP contribution in [0.15, 0.2) is 54.6 Å². The first-order chi connectivity index (χ1) is 17.0. The standard InChI is InChI=1S/C29H36N4O2/c1-21(22-13-7-6-8-14-22)19-33-27(34)26-31-24-17-11-12-18-25(24)32(26)20-29(33,2)28(35)30-23-15-9-4-3-5-10-16-23/h6-8,11-14,17-18,21,23H,3-5,9-10,15-16,19-20H2,1-2H3,(H,30,35)/t21-,29-/m0/s1. The Kier molecular flexibility index (Phi) is 6.63. The van der Waals surface area contributed by atoms with Crippen LogP contribution in [0.4, 0.5) is 0 Å². The number of carbonyl (C=O) groups excluding carboxylic acids is 2. The van der Waals surface area contributed by atoms with Crippen molar-refractivity contribution in [3.05, 3.63) is 66.0 Å². The number of fused-ring (bicyclic) bond motifs is 3. The van der Waals surface area contributed by atoms with Gasteiger partial charge in [-0.05, 0) is 43.4 Å². The van der Waals surface area contributed by atoms with Crippen LogP contribution in [0.3, 0.4) is 0 Å². The first-order valence-corrected chi connectivity index (χ1v) is 13.1. The Hall–Kier alpha value is -3.15. The number of rotatable bonds is 5. The van der Waals surface area contributed by atoms with Gasteiger partial charge >= 0.3 is 0 Å². The minimum atomic E-state index is -1.00. The van der Waals surface area contributed by atoms with Crippen molar-refractivity contribution in [1.29, 1.82) is 0 Å². The van der Waals surface area contributed by atoms with Gasteiger partial charge in [0.2, 0.25) is 5.91 Å². The van der Waals surface area contributed by atoms with Crippen molar-refractivity contribution in [3.63, 3.8) is 0 Å². The van der Waals surface area contributed by atoms with Gasteiger partial charge in [-0.25, -0.2) is 4.98 Å². The van der Waals surface area contributed by atoms with E-state index < -0.39 is 5.54 Å². The molecule has 0 bridgehead atoms. The Morgan fingerprint density at radius 1 is 1.03 bits per heavy atom. The highest BCUT2D eigenvalue weighted by Gasteiger charge is 2.49. The molecule has 0 saturated heterocycles. The average molecular weight is 473 g/mol. The van der Waals surface area contributed by atoms with E-state index in [1.165, 1.54) is 19.3 Å². The fraction of sp³-hybridized carbons (Fsp3) is 0.483. The largest absolute Gasteiger partial charge is 0.351 e. The molecule has 1 aliphatic heterocycles. The van der Waals surface area contributed by atoms with Gasteiger partial charge in [-0.2, -0.15) is 0 Å². The van der Waals surface area contributed by atoms with E-state index in [4.69, 9.17) is 0 Å². The van der Waals surface area contributed by atoms with Crippen LogP contribution >= 0.6 is 0 Å². The fourth-order valence-corrected chi connectivity index (χ4v) is 5.72. The van der Waals surface area contributed by atoms with Gasteiger partial charge in [-0.1, -0.05) is 81.5 Å². The molecule has 2 amide bonds. The van der Waals surface area contributed by atoms with E-state index in [0.717, 1.165) is 42.3 Å². The van der Waals surface area contributed by atoms with Crippen LogP contribution in [0.5, 0.6) is 0 Å². The highest BCUT2D eigenvalue weighted by molar-refractivity contribution is 6.01. The minimum Gasteiger partial charge on any atom is -0.351 e. The summed E-state index contributed by atoms with van der Waals surface area (Å²) in [6.07, 6.45) is 8.05. The zero-order chi connectivity index (χ0) is 24.4. The quantitative estimate of drug-likeness (QED) is 0.549. The molecule has 0 unspecified atom stereocenters. The van der Waals surface area contributed by atoms with E-state index in [9.17, 15) is 9.59 Å². The van der Waals surface area contributed by atoms with Crippen molar-refractivity contribution in [3.8, 4) is 0 Å². The molecule has 5 rings (SSSR count). The fourth-order valence-electron chi connectivity index (χ4n) is 5.72. The first kappa shape index (κ1) is 23.6. The number of carbonyl (C=O) groups is 2. The number of hydrogen-bond acceptors (Lipinski definition) is 3. The van der Waals surface area contributed by atoms with Gasteiger partial charge in [-0.15, -0.1) is 0 Å². The third kappa shape index (κ3) is 4.58. The van der Waals surface area contributed by atoms with E-state index in [2.05, 4.69) is 29.4 Å². The maximum Gasteiger partial charge on any atom is 0.290 e. The predicted molar refractivity (Wildman–Crippen MR) is 138 cm³/mol. The lowest BCUT2D eigenvalue weighted by molar-refractivity contribution is -0.133. The Balaban J connectivity index is 1.49. The second-order valence-corrected chi connectivity index (χ2v) is 10.5. The van der Waals surface area contributed by atoms with E-state index in [-0.39, 0.29) is 23.8 Å². The summed E-state index contributed by atoms with van der Waals surface area (Å²) in [5.74, 6) is 0.276. The molecule has 6 heteroatoms. The molecule has 2 aromatic carbocycles. The molecule has 0 radical (unpaired) electrons. The van der Waals surface area contributed by atoms with Gasteiger partial charge in [0.05, 0.1) is 17.6 Å². The van der Waals surface area contributed by atoms with Gasteiger partial charge < -0.3 is 14.8 Å². The van der Waals surface area contributed by atoms with Crippen LogP contribution in [-0.2, 0) is 11.3 Å². The molecular weight excluding hydrogens is 436 g/mol. The molecule has 1 saturated carbocycles. The number of nitrogens with zero attached hydrogens (tertiary/aromatic N) is 3. The van der Waals surface area contributed by atoms with Crippen LogP contribution in [0, 0.1) is 0 Å². The minimum absolute atomic E-state index is 0.0554. The smallest absolute Gasteiger partial charge is 0.290 e. The maximum atomic E-state index is 14.0. The number of benzene rings is 2. The molecule has 6 nitrogen and oxygen atoms in total. The molecule has 2 atom stereocenters. The Morgan fingerprint density at radius 3 is 2.43 bits per heavy atom. The first-order valence-electron chi connectivity index (χ1n) is 13.1. The normalized spacial score (nSPS) is 22.3. The van der Waals surface area contributed by atoms with E-state index >= 15 is 0 Å². The Morgan fingerprint density at radius 2 is 1.69 bits per heavy atom. The zero-order valence-corrected chi connectivity index (χ0v) is 20.9. The van der Waals surface area contributed by atoms with Gasteiger partial charge in [0.15, 0.2) is 5.82 Å². The number of hydrogen-bond donors (Lipinski definition) is 1. The van der Waals surface area contributed by atoms with Crippen LogP contribution in [0.2, 0.25) is 0 Å². The number of para-hydroxylation sites is 2. The molecule has 3 aromatic rings. The lowest BCUT2D eigenvalue weighted by Crippen LogP contribution is -2.65. The van der Waals surface area contributed by atoms with Crippen molar-refractivity contribution in [2.75, 3.05) is 6.54 Å². The Bertz CT molecular complexity index is 1200. The summed E-state index contributed by atoms with van der Waals surface area (Å²) >= 11 is 0. The second-order valence-electron chi connectivity index (χ2n) is 10.5. The summed E-state index contributed by atoms with van der Waals surface area (Å²) < 4.78 is 1.94. The number of nitrogens with one attached hydrogen (secondary N) is 1. The Labute approximate surface area is 207 Å². The highest BCUT2D eigenvalue weighted by Crippen LogP contribution is 2.33. The van der Waals surface area contributed by atoms with Gasteiger partial charge in [0.25, 0.3) is 5.91 Å². The summed E-state index contributed by atoms with van der Waals surface area (Å²) in [4.78, 5) is 34.4. The average Bonchev–Trinajstić information content (AvgIpc) is 3.22. The molecule has 1 fully saturated rings.